The molecule has 1 heterocycles. The van der Waals surface area contributed by atoms with E-state index >= 15 is 0 Å². The highest BCUT2D eigenvalue weighted by molar-refractivity contribution is 7.16. The lowest BCUT2D eigenvalue weighted by molar-refractivity contribution is 0.440. The second kappa shape index (κ2) is 7.12. The number of nitrogens with one attached hydrogen (secondary N) is 2. The third-order valence-electron chi connectivity index (χ3n) is 3.40. The molecule has 0 bridgehead atoms. The Balaban J connectivity index is 1.95. The van der Waals surface area contributed by atoms with Gasteiger partial charge in [-0.15, -0.1) is 11.3 Å². The van der Waals surface area contributed by atoms with Gasteiger partial charge in [-0.05, 0) is 31.9 Å². The number of hydrogen-bond acceptors (Lipinski definition) is 3. The Morgan fingerprint density at radius 2 is 2.16 bits per heavy atom. The van der Waals surface area contributed by atoms with Gasteiger partial charge in [0, 0.05) is 4.88 Å². The quantitative estimate of drug-likeness (QED) is 0.348. The fourth-order valence-electron chi connectivity index (χ4n) is 2.35. The molecule has 2 rings (SSSR count). The summed E-state index contributed by atoms with van der Waals surface area (Å²) in [5.41, 5.74) is 2.67. The standard InChI is InChI=1S/C13H21ClN4S/c1-9(11-7-8-12(14)19-11)16-13(18-15)17-10-5-3-2-4-6-10/h7-10H,2-6,15H2,1H3,(H2,16,17,18). The Morgan fingerprint density at radius 1 is 1.42 bits per heavy atom. The first-order chi connectivity index (χ1) is 9.19. The van der Waals surface area contributed by atoms with Crippen molar-refractivity contribution in [1.82, 2.24) is 10.7 Å². The van der Waals surface area contributed by atoms with Crippen molar-refractivity contribution in [3.05, 3.63) is 21.3 Å². The fourth-order valence-corrected chi connectivity index (χ4v) is 3.41. The number of hydrazine groups is 1. The summed E-state index contributed by atoms with van der Waals surface area (Å²) in [6, 6.07) is 4.48. The molecule has 106 valence electrons. The minimum Gasteiger partial charge on any atom is -0.348 e. The first-order valence-electron chi connectivity index (χ1n) is 6.75. The molecule has 4 N–H and O–H groups in total. The summed E-state index contributed by atoms with van der Waals surface area (Å²) in [4.78, 5) is 5.84. The van der Waals surface area contributed by atoms with Crippen LogP contribution in [0.1, 0.15) is 49.9 Å². The number of hydrogen-bond donors (Lipinski definition) is 3. The Hall–Kier alpha value is -0.780. The summed E-state index contributed by atoms with van der Waals surface area (Å²) in [5, 5.41) is 3.31. The minimum absolute atomic E-state index is 0.149. The number of aliphatic imine (C=N–C) groups is 1. The predicted octanol–water partition coefficient (Wildman–Crippen LogP) is 3.20. The number of guanidine groups is 1. The number of nitrogens with two attached hydrogens (primary N) is 1. The molecule has 0 saturated heterocycles. The summed E-state index contributed by atoms with van der Waals surface area (Å²) in [6.07, 6.45) is 6.18. The Bertz CT molecular complexity index is 426. The van der Waals surface area contributed by atoms with Gasteiger partial charge in [0.25, 0.3) is 0 Å². The molecule has 4 nitrogen and oxygen atoms in total. The third kappa shape index (κ3) is 4.37. The summed E-state index contributed by atoms with van der Waals surface area (Å²) in [7, 11) is 0. The number of halogens is 1. The molecular formula is C13H21ClN4S. The lowest BCUT2D eigenvalue weighted by Gasteiger charge is -2.21. The lowest BCUT2D eigenvalue weighted by Crippen LogP contribution is -2.43. The van der Waals surface area contributed by atoms with Gasteiger partial charge in [0.1, 0.15) is 0 Å². The molecule has 1 aliphatic rings. The average molecular weight is 301 g/mol. The van der Waals surface area contributed by atoms with Gasteiger partial charge >= 0.3 is 0 Å². The summed E-state index contributed by atoms with van der Waals surface area (Å²) in [6.45, 7) is 2.08. The number of rotatable bonds is 3. The van der Waals surface area contributed by atoms with Crippen LogP contribution >= 0.6 is 22.9 Å². The van der Waals surface area contributed by atoms with Crippen LogP contribution < -0.4 is 16.6 Å². The zero-order valence-electron chi connectivity index (χ0n) is 11.2. The maximum Gasteiger partial charge on any atom is 0.206 e. The van der Waals surface area contributed by atoms with E-state index in [0.29, 0.717) is 12.0 Å². The molecule has 0 radical (unpaired) electrons. The van der Waals surface area contributed by atoms with E-state index in [1.54, 1.807) is 11.3 Å². The van der Waals surface area contributed by atoms with Crippen molar-refractivity contribution in [3.63, 3.8) is 0 Å². The van der Waals surface area contributed by atoms with E-state index in [2.05, 4.69) is 22.7 Å². The molecule has 19 heavy (non-hydrogen) atoms. The monoisotopic (exact) mass is 300 g/mol. The summed E-state index contributed by atoms with van der Waals surface area (Å²) >= 11 is 7.52. The van der Waals surface area contributed by atoms with E-state index in [0.717, 1.165) is 17.2 Å². The van der Waals surface area contributed by atoms with Crippen molar-refractivity contribution in [3.8, 4) is 0 Å². The molecule has 6 heteroatoms. The topological polar surface area (TPSA) is 62.4 Å². The molecule has 1 saturated carbocycles. The minimum atomic E-state index is 0.149. The predicted molar refractivity (Wildman–Crippen MR) is 82.5 cm³/mol. The van der Waals surface area contributed by atoms with E-state index in [1.807, 2.05) is 12.1 Å². The Labute approximate surface area is 123 Å². The first-order valence-corrected chi connectivity index (χ1v) is 7.94. The van der Waals surface area contributed by atoms with E-state index in [9.17, 15) is 0 Å². The van der Waals surface area contributed by atoms with Crippen molar-refractivity contribution in [2.24, 2.45) is 10.8 Å². The molecule has 0 amide bonds. The number of thiophene rings is 1. The van der Waals surface area contributed by atoms with Gasteiger partial charge in [0.2, 0.25) is 5.96 Å². The largest absolute Gasteiger partial charge is 0.348 e. The van der Waals surface area contributed by atoms with Gasteiger partial charge in [-0.3, -0.25) is 5.43 Å². The van der Waals surface area contributed by atoms with E-state index in [-0.39, 0.29) is 6.04 Å². The van der Waals surface area contributed by atoms with Gasteiger partial charge in [-0.1, -0.05) is 30.9 Å². The van der Waals surface area contributed by atoms with Crippen LogP contribution in [-0.4, -0.2) is 12.0 Å². The van der Waals surface area contributed by atoms with Crippen molar-refractivity contribution >= 4 is 28.9 Å². The molecular weight excluding hydrogens is 280 g/mol. The van der Waals surface area contributed by atoms with Crippen molar-refractivity contribution in [1.29, 1.82) is 0 Å². The number of nitrogens with zero attached hydrogens (tertiary/aromatic N) is 1. The second-order valence-electron chi connectivity index (χ2n) is 4.92. The highest BCUT2D eigenvalue weighted by atomic mass is 35.5. The van der Waals surface area contributed by atoms with E-state index in [1.165, 1.54) is 24.1 Å². The van der Waals surface area contributed by atoms with Crippen molar-refractivity contribution in [2.45, 2.75) is 51.1 Å². The molecule has 1 aromatic rings. The van der Waals surface area contributed by atoms with Gasteiger partial charge in [0.15, 0.2) is 0 Å². The smallest absolute Gasteiger partial charge is 0.206 e. The molecule has 1 fully saturated rings. The van der Waals surface area contributed by atoms with Crippen LogP contribution in [0.3, 0.4) is 0 Å². The van der Waals surface area contributed by atoms with Gasteiger partial charge in [-0.2, -0.15) is 0 Å². The molecule has 1 aliphatic carbocycles. The molecule has 0 spiro atoms. The van der Waals surface area contributed by atoms with Crippen LogP contribution in [0.5, 0.6) is 0 Å². The average Bonchev–Trinajstić information content (AvgIpc) is 2.86. The van der Waals surface area contributed by atoms with Gasteiger partial charge in [0.05, 0.1) is 16.4 Å². The normalized spacial score (nSPS) is 19.2. The van der Waals surface area contributed by atoms with Crippen LogP contribution in [0, 0.1) is 0 Å². The van der Waals surface area contributed by atoms with Crippen LogP contribution in [-0.2, 0) is 0 Å². The van der Waals surface area contributed by atoms with Crippen LogP contribution in [0.2, 0.25) is 4.34 Å². The Kier molecular flexibility index (Phi) is 5.48. The van der Waals surface area contributed by atoms with Crippen molar-refractivity contribution < 1.29 is 0 Å². The fraction of sp³-hybridized carbons (Fsp3) is 0.615. The molecule has 1 unspecified atom stereocenters. The second-order valence-corrected chi connectivity index (χ2v) is 6.67. The molecule has 0 aromatic carbocycles. The molecule has 1 atom stereocenters. The zero-order chi connectivity index (χ0) is 13.7. The summed E-state index contributed by atoms with van der Waals surface area (Å²) < 4.78 is 0.801. The van der Waals surface area contributed by atoms with Crippen molar-refractivity contribution in [2.75, 3.05) is 0 Å². The van der Waals surface area contributed by atoms with E-state index in [4.69, 9.17) is 17.4 Å². The summed E-state index contributed by atoms with van der Waals surface area (Å²) in [5.74, 6) is 6.23. The Morgan fingerprint density at radius 3 is 2.74 bits per heavy atom. The van der Waals surface area contributed by atoms with E-state index < -0.39 is 0 Å². The van der Waals surface area contributed by atoms with Gasteiger partial charge < -0.3 is 5.32 Å². The van der Waals surface area contributed by atoms with Crippen LogP contribution in [0.4, 0.5) is 0 Å². The lowest BCUT2D eigenvalue weighted by atomic mass is 9.96. The highest BCUT2D eigenvalue weighted by Crippen LogP contribution is 2.26. The first kappa shape index (κ1) is 14.6. The maximum atomic E-state index is 5.95. The highest BCUT2D eigenvalue weighted by Gasteiger charge is 2.15. The zero-order valence-corrected chi connectivity index (χ0v) is 12.7. The third-order valence-corrected chi connectivity index (χ3v) is 4.81. The van der Waals surface area contributed by atoms with Crippen LogP contribution in [0.25, 0.3) is 0 Å². The molecule has 1 aromatic heterocycles. The molecule has 0 aliphatic heterocycles. The SMILES string of the molecule is CC(NC(=NC1CCCCC1)NN)c1ccc(Cl)s1. The van der Waals surface area contributed by atoms with Crippen LogP contribution in [0.15, 0.2) is 17.1 Å². The van der Waals surface area contributed by atoms with Gasteiger partial charge in [-0.25, -0.2) is 10.8 Å². The maximum absolute atomic E-state index is 5.95.